The molecular weight excluding hydrogens is 216 g/mol. The second-order valence-electron chi connectivity index (χ2n) is 8.14. The Morgan fingerprint density at radius 3 is 2.33 bits per heavy atom. The standard InChI is InChI=1S/C18H32/c1-13-7-4-5-8-15(13)16-10-12-18(3)11-6-9-17(18)14(16)2/h13-17H,4-12H2,1-3H3/t13?,14?,15?,16?,17-,18-/m0/s1. The Labute approximate surface area is 114 Å². The third-order valence-electron chi connectivity index (χ3n) is 7.24. The highest BCUT2D eigenvalue weighted by atomic mass is 14.5. The molecule has 4 unspecified atom stereocenters. The van der Waals surface area contributed by atoms with Crippen molar-refractivity contribution in [3.05, 3.63) is 0 Å². The van der Waals surface area contributed by atoms with E-state index in [1.807, 2.05) is 0 Å². The zero-order valence-corrected chi connectivity index (χ0v) is 12.8. The molecule has 0 aromatic rings. The summed E-state index contributed by atoms with van der Waals surface area (Å²) in [4.78, 5) is 0. The van der Waals surface area contributed by atoms with Crippen LogP contribution in [-0.2, 0) is 0 Å². The van der Waals surface area contributed by atoms with Crippen molar-refractivity contribution in [2.24, 2.45) is 35.0 Å². The fourth-order valence-electron chi connectivity index (χ4n) is 6.11. The zero-order chi connectivity index (χ0) is 12.8. The van der Waals surface area contributed by atoms with Gasteiger partial charge in [0.15, 0.2) is 0 Å². The monoisotopic (exact) mass is 248 g/mol. The lowest BCUT2D eigenvalue weighted by Gasteiger charge is -2.49. The van der Waals surface area contributed by atoms with Gasteiger partial charge in [-0.1, -0.05) is 46.5 Å². The van der Waals surface area contributed by atoms with Crippen molar-refractivity contribution in [2.45, 2.75) is 78.6 Å². The van der Waals surface area contributed by atoms with Crippen molar-refractivity contribution in [1.82, 2.24) is 0 Å². The van der Waals surface area contributed by atoms with Gasteiger partial charge in [0.1, 0.15) is 0 Å². The average molecular weight is 248 g/mol. The topological polar surface area (TPSA) is 0 Å². The first-order valence-electron chi connectivity index (χ1n) is 8.62. The molecule has 3 fully saturated rings. The molecule has 0 spiro atoms. The first kappa shape index (κ1) is 13.0. The maximum atomic E-state index is 2.61. The molecule has 0 aromatic carbocycles. The Morgan fingerprint density at radius 2 is 1.56 bits per heavy atom. The van der Waals surface area contributed by atoms with Gasteiger partial charge in [0, 0.05) is 0 Å². The van der Waals surface area contributed by atoms with Crippen LogP contribution in [0.1, 0.15) is 78.6 Å². The first-order valence-corrected chi connectivity index (χ1v) is 8.62. The Kier molecular flexibility index (Phi) is 3.49. The quantitative estimate of drug-likeness (QED) is 0.561. The minimum absolute atomic E-state index is 0.730. The summed E-state index contributed by atoms with van der Waals surface area (Å²) in [6.07, 6.45) is 13.7. The lowest BCUT2D eigenvalue weighted by molar-refractivity contribution is -0.00107. The van der Waals surface area contributed by atoms with Gasteiger partial charge in [0.05, 0.1) is 0 Å². The van der Waals surface area contributed by atoms with Crippen molar-refractivity contribution in [2.75, 3.05) is 0 Å². The van der Waals surface area contributed by atoms with E-state index in [4.69, 9.17) is 0 Å². The smallest absolute Gasteiger partial charge is 0.0295 e. The molecule has 0 saturated heterocycles. The highest BCUT2D eigenvalue weighted by Gasteiger charge is 2.49. The van der Waals surface area contributed by atoms with Crippen molar-refractivity contribution >= 4 is 0 Å². The van der Waals surface area contributed by atoms with E-state index >= 15 is 0 Å². The molecule has 3 aliphatic carbocycles. The normalized spacial score (nSPS) is 53.2. The van der Waals surface area contributed by atoms with Crippen molar-refractivity contribution in [3.8, 4) is 0 Å². The molecule has 3 aliphatic rings. The first-order chi connectivity index (χ1) is 8.62. The number of hydrogen-bond donors (Lipinski definition) is 0. The van der Waals surface area contributed by atoms with Gasteiger partial charge in [-0.3, -0.25) is 0 Å². The molecule has 0 N–H and O–H groups in total. The van der Waals surface area contributed by atoms with E-state index in [-0.39, 0.29) is 0 Å². The number of hydrogen-bond acceptors (Lipinski definition) is 0. The Morgan fingerprint density at radius 1 is 0.778 bits per heavy atom. The summed E-state index contributed by atoms with van der Waals surface area (Å²) in [5, 5.41) is 0. The van der Waals surface area contributed by atoms with Crippen molar-refractivity contribution in [3.63, 3.8) is 0 Å². The van der Waals surface area contributed by atoms with Crippen LogP contribution in [0.5, 0.6) is 0 Å². The van der Waals surface area contributed by atoms with E-state index in [0.29, 0.717) is 0 Å². The van der Waals surface area contributed by atoms with Crippen LogP contribution in [0.3, 0.4) is 0 Å². The predicted octanol–water partition coefficient (Wildman–Crippen LogP) is 5.67. The number of rotatable bonds is 1. The van der Waals surface area contributed by atoms with E-state index in [1.165, 1.54) is 44.9 Å². The van der Waals surface area contributed by atoms with Crippen LogP contribution >= 0.6 is 0 Å². The highest BCUT2D eigenvalue weighted by molar-refractivity contribution is 4.99. The van der Waals surface area contributed by atoms with Gasteiger partial charge in [-0.15, -0.1) is 0 Å². The van der Waals surface area contributed by atoms with Crippen LogP contribution in [0.2, 0.25) is 0 Å². The van der Waals surface area contributed by atoms with Crippen LogP contribution in [0.15, 0.2) is 0 Å². The fraction of sp³-hybridized carbons (Fsp3) is 1.00. The van der Waals surface area contributed by atoms with Gasteiger partial charge in [-0.25, -0.2) is 0 Å². The predicted molar refractivity (Wildman–Crippen MR) is 78.5 cm³/mol. The lowest BCUT2D eigenvalue weighted by Crippen LogP contribution is -2.41. The molecule has 104 valence electrons. The Balaban J connectivity index is 1.74. The molecule has 3 rings (SSSR count). The molecule has 0 amide bonds. The van der Waals surface area contributed by atoms with E-state index in [9.17, 15) is 0 Å². The van der Waals surface area contributed by atoms with Gasteiger partial charge >= 0.3 is 0 Å². The van der Waals surface area contributed by atoms with Crippen LogP contribution in [0.25, 0.3) is 0 Å². The van der Waals surface area contributed by atoms with Gasteiger partial charge in [0.2, 0.25) is 0 Å². The summed E-state index contributed by atoms with van der Waals surface area (Å²) >= 11 is 0. The SMILES string of the molecule is CC1CCCCC1C1CC[C@]2(C)CCC[C@H]2C1C. The molecule has 0 heteroatoms. The van der Waals surface area contributed by atoms with E-state index in [1.54, 1.807) is 12.8 Å². The zero-order valence-electron chi connectivity index (χ0n) is 12.8. The molecule has 0 radical (unpaired) electrons. The third kappa shape index (κ3) is 2.04. The molecule has 0 aliphatic heterocycles. The van der Waals surface area contributed by atoms with Gasteiger partial charge in [-0.05, 0) is 67.1 Å². The fourth-order valence-corrected chi connectivity index (χ4v) is 6.11. The summed E-state index contributed by atoms with van der Waals surface area (Å²) in [7, 11) is 0. The lowest BCUT2D eigenvalue weighted by atomic mass is 9.56. The van der Waals surface area contributed by atoms with E-state index in [0.717, 1.165) is 35.0 Å². The largest absolute Gasteiger partial charge is 0.0622 e. The molecule has 0 bridgehead atoms. The van der Waals surface area contributed by atoms with Gasteiger partial charge in [-0.2, -0.15) is 0 Å². The summed E-state index contributed by atoms with van der Waals surface area (Å²) in [6, 6.07) is 0. The van der Waals surface area contributed by atoms with Gasteiger partial charge < -0.3 is 0 Å². The second-order valence-corrected chi connectivity index (χ2v) is 8.14. The van der Waals surface area contributed by atoms with Crippen molar-refractivity contribution in [1.29, 1.82) is 0 Å². The highest BCUT2D eigenvalue weighted by Crippen LogP contribution is 2.58. The van der Waals surface area contributed by atoms with E-state index in [2.05, 4.69) is 20.8 Å². The number of fused-ring (bicyclic) bond motifs is 1. The molecule has 6 atom stereocenters. The van der Waals surface area contributed by atoms with Crippen LogP contribution < -0.4 is 0 Å². The molecule has 0 nitrogen and oxygen atoms in total. The summed E-state index contributed by atoms with van der Waals surface area (Å²) in [5.41, 5.74) is 0.730. The Hall–Kier alpha value is 0. The minimum atomic E-state index is 0.730. The minimum Gasteiger partial charge on any atom is -0.0622 e. The summed E-state index contributed by atoms with van der Waals surface area (Å²) in [6.45, 7) is 7.75. The summed E-state index contributed by atoms with van der Waals surface area (Å²) < 4.78 is 0. The molecule has 18 heavy (non-hydrogen) atoms. The van der Waals surface area contributed by atoms with Crippen molar-refractivity contribution < 1.29 is 0 Å². The van der Waals surface area contributed by atoms with Crippen LogP contribution in [0, 0.1) is 35.0 Å². The average Bonchev–Trinajstić information content (AvgIpc) is 2.74. The summed E-state index contributed by atoms with van der Waals surface area (Å²) in [5.74, 6) is 5.22. The van der Waals surface area contributed by atoms with Crippen LogP contribution in [-0.4, -0.2) is 0 Å². The maximum absolute atomic E-state index is 2.61. The van der Waals surface area contributed by atoms with Gasteiger partial charge in [0.25, 0.3) is 0 Å². The van der Waals surface area contributed by atoms with Crippen LogP contribution in [0.4, 0.5) is 0 Å². The molecular formula is C18H32. The molecule has 0 aromatic heterocycles. The third-order valence-corrected chi connectivity index (χ3v) is 7.24. The Bertz CT molecular complexity index is 294. The maximum Gasteiger partial charge on any atom is -0.0295 e. The van der Waals surface area contributed by atoms with E-state index < -0.39 is 0 Å². The molecule has 0 heterocycles. The molecule has 3 saturated carbocycles. The second kappa shape index (κ2) is 4.84.